The fraction of sp³-hybridized carbons (Fsp3) is 0.294. The Balaban J connectivity index is 1.94. The van der Waals surface area contributed by atoms with Crippen LogP contribution >= 0.6 is 11.3 Å². The topological polar surface area (TPSA) is 72.2 Å². The summed E-state index contributed by atoms with van der Waals surface area (Å²) in [6, 6.07) is 5.43. The number of hydrogen-bond acceptors (Lipinski definition) is 3. The van der Waals surface area contributed by atoms with Crippen LogP contribution in [0.4, 0.5) is 9.39 Å². The molecule has 2 amide bonds. The molecule has 2 aromatic rings. The average molecular weight is 332 g/mol. The summed E-state index contributed by atoms with van der Waals surface area (Å²) in [6.07, 6.45) is 2.74. The van der Waals surface area contributed by atoms with Crippen LogP contribution in [0.2, 0.25) is 0 Å². The maximum absolute atomic E-state index is 13.3. The second kappa shape index (κ2) is 6.12. The van der Waals surface area contributed by atoms with Gasteiger partial charge in [-0.15, -0.1) is 11.3 Å². The van der Waals surface area contributed by atoms with E-state index in [1.165, 1.54) is 29.5 Å². The Morgan fingerprint density at radius 2 is 2.17 bits per heavy atom. The summed E-state index contributed by atoms with van der Waals surface area (Å²) in [4.78, 5) is 25.2. The van der Waals surface area contributed by atoms with E-state index >= 15 is 0 Å². The first-order valence-corrected chi connectivity index (χ1v) is 8.28. The van der Waals surface area contributed by atoms with Crippen LogP contribution in [-0.4, -0.2) is 11.8 Å². The van der Waals surface area contributed by atoms with Gasteiger partial charge in [-0.3, -0.25) is 9.59 Å². The summed E-state index contributed by atoms with van der Waals surface area (Å²) in [6.45, 7) is 2.14. The quantitative estimate of drug-likeness (QED) is 0.904. The van der Waals surface area contributed by atoms with Crippen LogP contribution in [0.3, 0.4) is 0 Å². The zero-order valence-electron chi connectivity index (χ0n) is 12.7. The third-order valence-corrected chi connectivity index (χ3v) is 5.27. The van der Waals surface area contributed by atoms with Crippen molar-refractivity contribution in [3.05, 3.63) is 51.7 Å². The molecule has 0 saturated carbocycles. The average Bonchev–Trinajstić information content (AvgIpc) is 2.84. The van der Waals surface area contributed by atoms with Gasteiger partial charge in [0.05, 0.1) is 5.56 Å². The highest BCUT2D eigenvalue weighted by molar-refractivity contribution is 7.17. The molecule has 1 heterocycles. The summed E-state index contributed by atoms with van der Waals surface area (Å²) in [7, 11) is 0. The molecule has 1 unspecified atom stereocenters. The molecule has 120 valence electrons. The molecule has 1 aromatic heterocycles. The summed E-state index contributed by atoms with van der Waals surface area (Å²) >= 11 is 1.39. The van der Waals surface area contributed by atoms with Crippen molar-refractivity contribution in [3.63, 3.8) is 0 Å². The van der Waals surface area contributed by atoms with Crippen LogP contribution in [-0.2, 0) is 12.8 Å². The number of anilines is 1. The summed E-state index contributed by atoms with van der Waals surface area (Å²) in [5, 5.41) is 3.18. The number of benzene rings is 1. The molecule has 0 bridgehead atoms. The summed E-state index contributed by atoms with van der Waals surface area (Å²) in [5.41, 5.74) is 7.09. The zero-order valence-corrected chi connectivity index (χ0v) is 13.5. The zero-order chi connectivity index (χ0) is 16.6. The Labute approximate surface area is 137 Å². The van der Waals surface area contributed by atoms with Crippen molar-refractivity contribution in [1.29, 1.82) is 0 Å². The van der Waals surface area contributed by atoms with E-state index in [4.69, 9.17) is 5.73 Å². The standard InChI is InChI=1S/C17H17FN2O2S/c1-9-5-6-13-12(7-9)14(15(19)21)17(23-13)20-16(22)10-3-2-4-11(18)8-10/h2-4,8-9H,5-7H2,1H3,(H2,19,21)(H,20,22). The molecular formula is C17H17FN2O2S. The van der Waals surface area contributed by atoms with Crippen molar-refractivity contribution >= 4 is 28.2 Å². The molecule has 0 radical (unpaired) electrons. The van der Waals surface area contributed by atoms with Crippen LogP contribution in [0.5, 0.6) is 0 Å². The van der Waals surface area contributed by atoms with E-state index in [0.717, 1.165) is 35.8 Å². The van der Waals surface area contributed by atoms with Gasteiger partial charge in [0, 0.05) is 10.4 Å². The van der Waals surface area contributed by atoms with Crippen LogP contribution < -0.4 is 11.1 Å². The summed E-state index contributed by atoms with van der Waals surface area (Å²) < 4.78 is 13.3. The van der Waals surface area contributed by atoms with E-state index in [0.29, 0.717) is 16.5 Å². The smallest absolute Gasteiger partial charge is 0.256 e. The molecular weight excluding hydrogens is 315 g/mol. The highest BCUT2D eigenvalue weighted by Crippen LogP contribution is 2.39. The lowest BCUT2D eigenvalue weighted by Gasteiger charge is -2.18. The van der Waals surface area contributed by atoms with Crippen molar-refractivity contribution in [2.24, 2.45) is 11.7 Å². The van der Waals surface area contributed by atoms with Gasteiger partial charge in [-0.05, 0) is 48.9 Å². The van der Waals surface area contributed by atoms with Gasteiger partial charge < -0.3 is 11.1 Å². The lowest BCUT2D eigenvalue weighted by atomic mass is 9.87. The van der Waals surface area contributed by atoms with E-state index < -0.39 is 17.6 Å². The molecule has 3 N–H and O–H groups in total. The Bertz CT molecular complexity index is 785. The van der Waals surface area contributed by atoms with E-state index in [1.54, 1.807) is 0 Å². The number of amides is 2. The SMILES string of the molecule is CC1CCc2sc(NC(=O)c3cccc(F)c3)c(C(N)=O)c2C1. The second-order valence-corrected chi connectivity index (χ2v) is 6.99. The molecule has 6 heteroatoms. The molecule has 1 aliphatic rings. The van der Waals surface area contributed by atoms with Crippen molar-refractivity contribution in [2.45, 2.75) is 26.2 Å². The molecule has 1 aliphatic carbocycles. The predicted octanol–water partition coefficient (Wildman–Crippen LogP) is 3.36. The predicted molar refractivity (Wildman–Crippen MR) is 88.4 cm³/mol. The molecule has 1 aromatic carbocycles. The Morgan fingerprint density at radius 1 is 1.39 bits per heavy atom. The van der Waals surface area contributed by atoms with Gasteiger partial charge in [-0.1, -0.05) is 13.0 Å². The van der Waals surface area contributed by atoms with Crippen molar-refractivity contribution in [3.8, 4) is 0 Å². The second-order valence-electron chi connectivity index (χ2n) is 5.88. The molecule has 1 atom stereocenters. The minimum Gasteiger partial charge on any atom is -0.365 e. The molecule has 0 saturated heterocycles. The highest BCUT2D eigenvalue weighted by Gasteiger charge is 2.27. The molecule has 3 rings (SSSR count). The maximum Gasteiger partial charge on any atom is 0.256 e. The van der Waals surface area contributed by atoms with Crippen LogP contribution in [0.1, 0.15) is 44.5 Å². The highest BCUT2D eigenvalue weighted by atomic mass is 32.1. The first-order valence-electron chi connectivity index (χ1n) is 7.47. The van der Waals surface area contributed by atoms with Crippen molar-refractivity contribution in [2.75, 3.05) is 5.32 Å². The van der Waals surface area contributed by atoms with Crippen LogP contribution in [0.25, 0.3) is 0 Å². The number of nitrogens with two attached hydrogens (primary N) is 1. The van der Waals surface area contributed by atoms with Gasteiger partial charge in [0.25, 0.3) is 11.8 Å². The Morgan fingerprint density at radius 3 is 2.87 bits per heavy atom. The number of thiophene rings is 1. The number of halogens is 1. The number of fused-ring (bicyclic) bond motifs is 1. The number of nitrogens with one attached hydrogen (secondary N) is 1. The normalized spacial score (nSPS) is 16.7. The molecule has 0 aliphatic heterocycles. The summed E-state index contributed by atoms with van der Waals surface area (Å²) in [5.74, 6) is -0.973. The fourth-order valence-corrected chi connectivity index (χ4v) is 4.16. The van der Waals surface area contributed by atoms with Crippen molar-refractivity contribution in [1.82, 2.24) is 0 Å². The number of carbonyl (C=O) groups is 2. The van der Waals surface area contributed by atoms with E-state index in [1.807, 2.05) is 0 Å². The monoisotopic (exact) mass is 332 g/mol. The lowest BCUT2D eigenvalue weighted by Crippen LogP contribution is -2.19. The minimum atomic E-state index is -0.536. The van der Waals surface area contributed by atoms with Gasteiger partial charge >= 0.3 is 0 Å². The number of aryl methyl sites for hydroxylation is 1. The third-order valence-electron chi connectivity index (χ3n) is 4.07. The van der Waals surface area contributed by atoms with E-state index in [9.17, 15) is 14.0 Å². The minimum absolute atomic E-state index is 0.208. The van der Waals surface area contributed by atoms with Gasteiger partial charge in [-0.25, -0.2) is 4.39 Å². The van der Waals surface area contributed by atoms with E-state index in [-0.39, 0.29) is 5.56 Å². The number of carbonyl (C=O) groups excluding carboxylic acids is 2. The van der Waals surface area contributed by atoms with Gasteiger partial charge in [0.2, 0.25) is 0 Å². The molecule has 0 spiro atoms. The van der Waals surface area contributed by atoms with E-state index in [2.05, 4.69) is 12.2 Å². The Hall–Kier alpha value is -2.21. The number of primary amides is 1. The number of hydrogen-bond donors (Lipinski definition) is 2. The van der Waals surface area contributed by atoms with Crippen LogP contribution in [0, 0.1) is 11.7 Å². The number of rotatable bonds is 3. The van der Waals surface area contributed by atoms with Gasteiger partial charge in [0.1, 0.15) is 10.8 Å². The molecule has 0 fully saturated rings. The van der Waals surface area contributed by atoms with Gasteiger partial charge in [-0.2, -0.15) is 0 Å². The van der Waals surface area contributed by atoms with Crippen LogP contribution in [0.15, 0.2) is 24.3 Å². The maximum atomic E-state index is 13.3. The van der Waals surface area contributed by atoms with Gasteiger partial charge in [0.15, 0.2) is 0 Å². The largest absolute Gasteiger partial charge is 0.365 e. The fourth-order valence-electron chi connectivity index (χ4n) is 2.91. The third kappa shape index (κ3) is 3.12. The Kier molecular flexibility index (Phi) is 4.17. The van der Waals surface area contributed by atoms with Crippen molar-refractivity contribution < 1.29 is 14.0 Å². The first-order chi connectivity index (χ1) is 11.0. The first kappa shape index (κ1) is 15.7. The molecule has 23 heavy (non-hydrogen) atoms. The lowest BCUT2D eigenvalue weighted by molar-refractivity contribution is 0.1000. The molecule has 4 nitrogen and oxygen atoms in total.